The zero-order valence-corrected chi connectivity index (χ0v) is 11.1. The van der Waals surface area contributed by atoms with Crippen molar-refractivity contribution in [2.45, 2.75) is 13.0 Å². The molecule has 2 aromatic rings. The molecule has 3 N–H and O–H groups in total. The summed E-state index contributed by atoms with van der Waals surface area (Å²) >= 11 is 1.44. The van der Waals surface area contributed by atoms with Gasteiger partial charge in [-0.2, -0.15) is 0 Å². The lowest BCUT2D eigenvalue weighted by molar-refractivity contribution is -0.118. The van der Waals surface area contributed by atoms with Crippen molar-refractivity contribution in [1.82, 2.24) is 4.98 Å². The zero-order valence-electron chi connectivity index (χ0n) is 10.3. The molecule has 2 rings (SSSR count). The van der Waals surface area contributed by atoms with Crippen LogP contribution in [-0.2, 0) is 9.53 Å². The van der Waals surface area contributed by atoms with E-state index in [1.54, 1.807) is 0 Å². The van der Waals surface area contributed by atoms with E-state index in [4.69, 9.17) is 10.5 Å². The maximum absolute atomic E-state index is 11.7. The van der Waals surface area contributed by atoms with Gasteiger partial charge in [-0.25, -0.2) is 4.98 Å². The molecule has 0 aliphatic carbocycles. The fourth-order valence-electron chi connectivity index (χ4n) is 1.59. The number of nitrogens with two attached hydrogens (primary N) is 1. The molecule has 0 fully saturated rings. The molecule has 0 radical (unpaired) electrons. The van der Waals surface area contributed by atoms with Crippen molar-refractivity contribution in [3.05, 3.63) is 23.8 Å². The number of anilines is 1. The number of fused-ring (bicyclic) bond motifs is 1. The standard InChI is InChI=1S/C12H15N3O2S/c1-7-4-3-5-9-10(7)14-12(18-9)15-11(16)8(13)6-17-2/h3-5,8H,6,13H2,1-2H3,(H,14,15,16). The summed E-state index contributed by atoms with van der Waals surface area (Å²) in [6.45, 7) is 2.18. The van der Waals surface area contributed by atoms with Gasteiger partial charge in [0.2, 0.25) is 5.91 Å². The number of carbonyl (C=O) groups is 1. The van der Waals surface area contributed by atoms with Crippen LogP contribution in [0.25, 0.3) is 10.2 Å². The normalized spacial score (nSPS) is 12.6. The van der Waals surface area contributed by atoms with Crippen LogP contribution in [0.4, 0.5) is 5.13 Å². The molecule has 5 nitrogen and oxygen atoms in total. The number of aryl methyl sites for hydroxylation is 1. The summed E-state index contributed by atoms with van der Waals surface area (Å²) in [6, 6.07) is 5.26. The van der Waals surface area contributed by atoms with E-state index >= 15 is 0 Å². The number of aromatic nitrogens is 1. The van der Waals surface area contributed by atoms with Gasteiger partial charge < -0.3 is 15.8 Å². The highest BCUT2D eigenvalue weighted by Gasteiger charge is 2.15. The molecular weight excluding hydrogens is 250 g/mol. The monoisotopic (exact) mass is 265 g/mol. The van der Waals surface area contributed by atoms with E-state index in [0.29, 0.717) is 5.13 Å². The molecule has 18 heavy (non-hydrogen) atoms. The van der Waals surface area contributed by atoms with Crippen molar-refractivity contribution in [3.8, 4) is 0 Å². The molecule has 1 aromatic heterocycles. The van der Waals surface area contributed by atoms with Crippen molar-refractivity contribution in [2.24, 2.45) is 5.73 Å². The molecule has 0 saturated heterocycles. The molecule has 6 heteroatoms. The summed E-state index contributed by atoms with van der Waals surface area (Å²) in [5.41, 5.74) is 7.64. The van der Waals surface area contributed by atoms with Gasteiger partial charge >= 0.3 is 0 Å². The number of ether oxygens (including phenoxy) is 1. The highest BCUT2D eigenvalue weighted by atomic mass is 32.1. The second-order valence-electron chi connectivity index (χ2n) is 3.99. The van der Waals surface area contributed by atoms with Gasteiger partial charge in [0.1, 0.15) is 6.04 Å². The lowest BCUT2D eigenvalue weighted by Gasteiger charge is -2.08. The van der Waals surface area contributed by atoms with Gasteiger partial charge in [0.15, 0.2) is 5.13 Å². The average Bonchev–Trinajstić information content (AvgIpc) is 2.73. The molecule has 0 saturated carbocycles. The van der Waals surface area contributed by atoms with Crippen LogP contribution in [0.3, 0.4) is 0 Å². The largest absolute Gasteiger partial charge is 0.383 e. The fourth-order valence-corrected chi connectivity index (χ4v) is 2.54. The Morgan fingerprint density at radius 3 is 3.06 bits per heavy atom. The van der Waals surface area contributed by atoms with Crippen molar-refractivity contribution >= 4 is 32.6 Å². The number of rotatable bonds is 4. The van der Waals surface area contributed by atoms with Crippen LogP contribution in [-0.4, -0.2) is 30.6 Å². The van der Waals surface area contributed by atoms with E-state index in [1.807, 2.05) is 25.1 Å². The summed E-state index contributed by atoms with van der Waals surface area (Å²) in [4.78, 5) is 16.1. The zero-order chi connectivity index (χ0) is 13.1. The van der Waals surface area contributed by atoms with Crippen LogP contribution < -0.4 is 11.1 Å². The van der Waals surface area contributed by atoms with Gasteiger partial charge in [-0.15, -0.1) is 0 Å². The molecule has 1 amide bonds. The SMILES string of the molecule is COCC(N)C(=O)Nc1nc2c(C)cccc2s1. The summed E-state index contributed by atoms with van der Waals surface area (Å²) < 4.78 is 5.88. The molecule has 0 aliphatic rings. The smallest absolute Gasteiger partial charge is 0.245 e. The Morgan fingerprint density at radius 2 is 2.39 bits per heavy atom. The number of thiazole rings is 1. The molecule has 1 unspecified atom stereocenters. The average molecular weight is 265 g/mol. The molecule has 0 bridgehead atoms. The third-order valence-corrected chi connectivity index (χ3v) is 3.47. The Bertz CT molecular complexity index is 567. The minimum absolute atomic E-state index is 0.190. The Hall–Kier alpha value is -1.50. The van der Waals surface area contributed by atoms with E-state index in [9.17, 15) is 4.79 Å². The lowest BCUT2D eigenvalue weighted by atomic mass is 10.2. The minimum Gasteiger partial charge on any atom is -0.383 e. The van der Waals surface area contributed by atoms with Gasteiger partial charge in [-0.3, -0.25) is 4.79 Å². The minimum atomic E-state index is -0.678. The van der Waals surface area contributed by atoms with E-state index in [-0.39, 0.29) is 12.5 Å². The molecule has 1 heterocycles. The van der Waals surface area contributed by atoms with E-state index in [2.05, 4.69) is 10.3 Å². The number of carbonyl (C=O) groups excluding carboxylic acids is 1. The topological polar surface area (TPSA) is 77.2 Å². The van der Waals surface area contributed by atoms with Crippen molar-refractivity contribution < 1.29 is 9.53 Å². The summed E-state index contributed by atoms with van der Waals surface area (Å²) in [6.07, 6.45) is 0. The maximum atomic E-state index is 11.7. The van der Waals surface area contributed by atoms with Gasteiger partial charge in [-0.1, -0.05) is 23.5 Å². The number of amides is 1. The molecule has 0 aliphatic heterocycles. The molecule has 1 atom stereocenters. The number of nitrogens with one attached hydrogen (secondary N) is 1. The Kier molecular flexibility index (Phi) is 3.90. The van der Waals surface area contributed by atoms with Crippen molar-refractivity contribution in [2.75, 3.05) is 19.0 Å². The second-order valence-corrected chi connectivity index (χ2v) is 5.02. The number of hydrogen-bond acceptors (Lipinski definition) is 5. The first-order valence-electron chi connectivity index (χ1n) is 5.53. The van der Waals surface area contributed by atoms with Crippen LogP contribution in [0.5, 0.6) is 0 Å². The predicted octanol–water partition coefficient (Wildman–Crippen LogP) is 1.52. The maximum Gasteiger partial charge on any atom is 0.245 e. The molecular formula is C12H15N3O2S. The van der Waals surface area contributed by atoms with Crippen molar-refractivity contribution in [1.29, 1.82) is 0 Å². The first-order chi connectivity index (χ1) is 8.61. The number of hydrogen-bond donors (Lipinski definition) is 2. The highest BCUT2D eigenvalue weighted by Crippen LogP contribution is 2.27. The summed E-state index contributed by atoms with van der Waals surface area (Å²) in [7, 11) is 1.51. The molecule has 1 aromatic carbocycles. The fraction of sp³-hybridized carbons (Fsp3) is 0.333. The van der Waals surface area contributed by atoms with E-state index in [1.165, 1.54) is 18.4 Å². The Labute approximate surface area is 109 Å². The molecule has 0 spiro atoms. The van der Waals surface area contributed by atoms with Crippen LogP contribution >= 0.6 is 11.3 Å². The lowest BCUT2D eigenvalue weighted by Crippen LogP contribution is -2.39. The number of benzene rings is 1. The number of para-hydroxylation sites is 1. The number of nitrogens with zero attached hydrogens (tertiary/aromatic N) is 1. The van der Waals surface area contributed by atoms with Gasteiger partial charge in [0.25, 0.3) is 0 Å². The Morgan fingerprint density at radius 1 is 1.61 bits per heavy atom. The third-order valence-electron chi connectivity index (χ3n) is 2.53. The van der Waals surface area contributed by atoms with Crippen LogP contribution in [0, 0.1) is 6.92 Å². The first-order valence-corrected chi connectivity index (χ1v) is 6.35. The highest BCUT2D eigenvalue weighted by molar-refractivity contribution is 7.22. The Balaban J connectivity index is 2.17. The van der Waals surface area contributed by atoms with Crippen molar-refractivity contribution in [3.63, 3.8) is 0 Å². The first kappa shape index (κ1) is 12.9. The summed E-state index contributed by atoms with van der Waals surface area (Å²) in [5.74, 6) is -0.284. The van der Waals surface area contributed by atoms with Crippen LogP contribution in [0.1, 0.15) is 5.56 Å². The number of methoxy groups -OCH3 is 1. The van der Waals surface area contributed by atoms with Gasteiger partial charge in [0.05, 0.1) is 16.8 Å². The van der Waals surface area contributed by atoms with Crippen LogP contribution in [0.15, 0.2) is 18.2 Å². The molecule has 96 valence electrons. The van der Waals surface area contributed by atoms with Gasteiger partial charge in [-0.05, 0) is 18.6 Å². The van der Waals surface area contributed by atoms with Crippen LogP contribution in [0.2, 0.25) is 0 Å². The summed E-state index contributed by atoms with van der Waals surface area (Å²) in [5, 5.41) is 3.27. The van der Waals surface area contributed by atoms with Gasteiger partial charge in [0, 0.05) is 7.11 Å². The second kappa shape index (κ2) is 5.43. The predicted molar refractivity (Wildman–Crippen MR) is 72.8 cm³/mol. The van der Waals surface area contributed by atoms with E-state index in [0.717, 1.165) is 15.8 Å². The third kappa shape index (κ3) is 2.66. The quantitative estimate of drug-likeness (QED) is 0.878. The van der Waals surface area contributed by atoms with E-state index < -0.39 is 6.04 Å².